The predicted octanol–water partition coefficient (Wildman–Crippen LogP) is 3.19. The van der Waals surface area contributed by atoms with Crippen molar-refractivity contribution in [1.82, 2.24) is 5.32 Å². The van der Waals surface area contributed by atoms with Gasteiger partial charge in [0, 0.05) is 11.4 Å². The molecule has 0 spiro atoms. The lowest BCUT2D eigenvalue weighted by Gasteiger charge is -2.18. The second-order valence-corrected chi connectivity index (χ2v) is 5.67. The van der Waals surface area contributed by atoms with Gasteiger partial charge in [-0.2, -0.15) is 13.2 Å². The van der Waals surface area contributed by atoms with Crippen LogP contribution in [0.3, 0.4) is 0 Å². The molecule has 132 valence electrons. The molecule has 2 aromatic rings. The van der Waals surface area contributed by atoms with E-state index < -0.39 is 35.2 Å². The van der Waals surface area contributed by atoms with E-state index in [0.29, 0.717) is 10.6 Å². The first-order valence-electron chi connectivity index (χ1n) is 7.20. The first-order chi connectivity index (χ1) is 11.7. The molecule has 0 saturated heterocycles. The molecular weight excluding hydrogens is 357 g/mol. The number of amides is 2. The average molecular weight is 371 g/mol. The predicted molar refractivity (Wildman–Crippen MR) is 87.0 cm³/mol. The van der Waals surface area contributed by atoms with Gasteiger partial charge in [0.1, 0.15) is 6.04 Å². The van der Waals surface area contributed by atoms with Crippen molar-refractivity contribution >= 4 is 23.4 Å². The van der Waals surface area contributed by atoms with Crippen molar-refractivity contribution < 1.29 is 22.8 Å². The topological polar surface area (TPSA) is 72.2 Å². The van der Waals surface area contributed by atoms with Crippen LogP contribution in [0.1, 0.15) is 21.5 Å². The van der Waals surface area contributed by atoms with E-state index in [1.54, 1.807) is 24.3 Å². The summed E-state index contributed by atoms with van der Waals surface area (Å²) in [5, 5.41) is 2.61. The fourth-order valence-electron chi connectivity index (χ4n) is 2.27. The number of alkyl halides is 3. The number of rotatable bonds is 5. The van der Waals surface area contributed by atoms with Crippen LogP contribution in [0.5, 0.6) is 0 Å². The maximum absolute atomic E-state index is 13.0. The van der Waals surface area contributed by atoms with Gasteiger partial charge in [-0.15, -0.1) is 0 Å². The molecule has 2 aromatic carbocycles. The molecule has 25 heavy (non-hydrogen) atoms. The van der Waals surface area contributed by atoms with Crippen LogP contribution in [0.4, 0.5) is 13.2 Å². The van der Waals surface area contributed by atoms with E-state index in [2.05, 4.69) is 5.32 Å². The van der Waals surface area contributed by atoms with Crippen molar-refractivity contribution in [2.45, 2.75) is 18.6 Å². The number of nitrogens with two attached hydrogens (primary N) is 1. The van der Waals surface area contributed by atoms with Crippen molar-refractivity contribution in [3.63, 3.8) is 0 Å². The Balaban J connectivity index is 2.25. The van der Waals surface area contributed by atoms with Gasteiger partial charge < -0.3 is 11.1 Å². The molecule has 8 heteroatoms. The molecule has 2 rings (SSSR count). The Morgan fingerprint density at radius 3 is 2.28 bits per heavy atom. The molecule has 0 unspecified atom stereocenters. The summed E-state index contributed by atoms with van der Waals surface area (Å²) in [5.41, 5.74) is 4.13. The van der Waals surface area contributed by atoms with E-state index in [9.17, 15) is 22.8 Å². The molecule has 0 aliphatic heterocycles. The van der Waals surface area contributed by atoms with Crippen LogP contribution in [0.25, 0.3) is 0 Å². The number of hydrogen-bond donors (Lipinski definition) is 2. The third-order valence-corrected chi connectivity index (χ3v) is 3.88. The number of benzene rings is 2. The van der Waals surface area contributed by atoms with Gasteiger partial charge in [0.25, 0.3) is 5.91 Å². The van der Waals surface area contributed by atoms with Gasteiger partial charge in [-0.05, 0) is 23.8 Å². The minimum atomic E-state index is -4.70. The summed E-state index contributed by atoms with van der Waals surface area (Å²) in [6, 6.07) is 9.70. The largest absolute Gasteiger partial charge is 0.417 e. The summed E-state index contributed by atoms with van der Waals surface area (Å²) in [4.78, 5) is 23.9. The standard InChI is InChI=1S/C17H14ClF3N2O2/c18-13-8-4-1-5-10(13)9-14(15(22)24)23-16(25)11-6-2-3-7-12(11)17(19,20)21/h1-8,14H,9H2,(H2,22,24)(H,23,25)/t14-/m0/s1. The summed E-state index contributed by atoms with van der Waals surface area (Å²) >= 11 is 6.00. The Morgan fingerprint density at radius 1 is 1.08 bits per heavy atom. The second kappa shape index (κ2) is 7.57. The number of hydrogen-bond acceptors (Lipinski definition) is 2. The first kappa shape index (κ1) is 18.8. The van der Waals surface area contributed by atoms with Crippen LogP contribution in [0.15, 0.2) is 48.5 Å². The van der Waals surface area contributed by atoms with Gasteiger partial charge >= 0.3 is 6.18 Å². The average Bonchev–Trinajstić information content (AvgIpc) is 2.55. The Labute approximate surface area is 146 Å². The van der Waals surface area contributed by atoms with Gasteiger partial charge in [0.15, 0.2) is 0 Å². The van der Waals surface area contributed by atoms with E-state index in [4.69, 9.17) is 17.3 Å². The molecular formula is C17H14ClF3N2O2. The summed E-state index contributed by atoms with van der Waals surface area (Å²) in [7, 11) is 0. The number of halogens is 4. The van der Waals surface area contributed by atoms with Crippen molar-refractivity contribution in [3.8, 4) is 0 Å². The molecule has 0 saturated carbocycles. The lowest BCUT2D eigenvalue weighted by Crippen LogP contribution is -2.46. The molecule has 0 radical (unpaired) electrons. The second-order valence-electron chi connectivity index (χ2n) is 5.27. The van der Waals surface area contributed by atoms with Gasteiger partial charge in [-0.1, -0.05) is 41.9 Å². The number of primary amides is 1. The van der Waals surface area contributed by atoms with Crippen LogP contribution < -0.4 is 11.1 Å². The summed E-state index contributed by atoms with van der Waals surface area (Å²) in [6.07, 6.45) is -4.73. The zero-order valence-corrected chi connectivity index (χ0v) is 13.6. The van der Waals surface area contributed by atoms with Crippen LogP contribution in [-0.2, 0) is 17.4 Å². The SMILES string of the molecule is NC(=O)[C@H](Cc1ccccc1Cl)NC(=O)c1ccccc1C(F)(F)F. The minimum absolute atomic E-state index is 0.0328. The van der Waals surface area contributed by atoms with Crippen molar-refractivity contribution in [3.05, 3.63) is 70.2 Å². The van der Waals surface area contributed by atoms with Gasteiger partial charge in [-0.3, -0.25) is 9.59 Å². The molecule has 0 aliphatic rings. The molecule has 0 fully saturated rings. The van der Waals surface area contributed by atoms with Gasteiger partial charge in [0.2, 0.25) is 5.91 Å². The summed E-state index contributed by atoms with van der Waals surface area (Å²) in [5.74, 6) is -1.92. The van der Waals surface area contributed by atoms with Crippen LogP contribution in [-0.4, -0.2) is 17.9 Å². The molecule has 1 atom stereocenters. The van der Waals surface area contributed by atoms with Gasteiger partial charge in [-0.25, -0.2) is 0 Å². The van der Waals surface area contributed by atoms with Crippen molar-refractivity contribution in [2.75, 3.05) is 0 Å². The van der Waals surface area contributed by atoms with E-state index in [-0.39, 0.29) is 6.42 Å². The van der Waals surface area contributed by atoms with Crippen molar-refractivity contribution in [2.24, 2.45) is 5.73 Å². The third kappa shape index (κ3) is 4.73. The highest BCUT2D eigenvalue weighted by Crippen LogP contribution is 2.31. The van der Waals surface area contributed by atoms with E-state index in [0.717, 1.165) is 12.1 Å². The molecule has 3 N–H and O–H groups in total. The number of carbonyl (C=O) groups is 2. The molecule has 0 heterocycles. The Morgan fingerprint density at radius 2 is 1.68 bits per heavy atom. The molecule has 0 aliphatic carbocycles. The molecule has 2 amide bonds. The monoisotopic (exact) mass is 370 g/mol. The maximum atomic E-state index is 13.0. The van der Waals surface area contributed by atoms with Gasteiger partial charge in [0.05, 0.1) is 11.1 Å². The number of carbonyl (C=O) groups excluding carboxylic acids is 2. The van der Waals surface area contributed by atoms with Crippen molar-refractivity contribution in [1.29, 1.82) is 0 Å². The fraction of sp³-hybridized carbons (Fsp3) is 0.176. The lowest BCUT2D eigenvalue weighted by atomic mass is 10.0. The normalized spacial score (nSPS) is 12.5. The first-order valence-corrected chi connectivity index (χ1v) is 7.57. The Hall–Kier alpha value is -2.54. The highest BCUT2D eigenvalue weighted by molar-refractivity contribution is 6.31. The van der Waals surface area contributed by atoms with E-state index >= 15 is 0 Å². The Kier molecular flexibility index (Phi) is 5.69. The fourth-order valence-corrected chi connectivity index (χ4v) is 2.48. The maximum Gasteiger partial charge on any atom is 0.417 e. The van der Waals surface area contributed by atoms with E-state index in [1.807, 2.05) is 0 Å². The van der Waals surface area contributed by atoms with E-state index in [1.165, 1.54) is 12.1 Å². The highest BCUT2D eigenvalue weighted by Gasteiger charge is 2.35. The quantitative estimate of drug-likeness (QED) is 0.848. The summed E-state index contributed by atoms with van der Waals surface area (Å²) < 4.78 is 39.0. The molecule has 0 aromatic heterocycles. The minimum Gasteiger partial charge on any atom is -0.368 e. The molecule has 0 bridgehead atoms. The van der Waals surface area contributed by atoms with Crippen LogP contribution in [0.2, 0.25) is 5.02 Å². The van der Waals surface area contributed by atoms with Crippen LogP contribution >= 0.6 is 11.6 Å². The highest BCUT2D eigenvalue weighted by atomic mass is 35.5. The third-order valence-electron chi connectivity index (χ3n) is 3.51. The van der Waals surface area contributed by atoms with Crippen LogP contribution in [0, 0.1) is 0 Å². The lowest BCUT2D eigenvalue weighted by molar-refractivity contribution is -0.137. The number of nitrogens with one attached hydrogen (secondary N) is 1. The Bertz CT molecular complexity index is 793. The summed E-state index contributed by atoms with van der Waals surface area (Å²) in [6.45, 7) is 0. The molecule has 4 nitrogen and oxygen atoms in total. The zero-order valence-electron chi connectivity index (χ0n) is 12.8. The zero-order chi connectivity index (χ0) is 18.6. The smallest absolute Gasteiger partial charge is 0.368 e.